The molecule has 5 nitrogen and oxygen atoms in total. The molecule has 1 atom stereocenters. The van der Waals surface area contributed by atoms with Crippen LogP contribution in [0.5, 0.6) is 5.75 Å². The average molecular weight is 339 g/mol. The van der Waals surface area contributed by atoms with E-state index in [0.29, 0.717) is 18.7 Å². The Morgan fingerprint density at radius 2 is 1.96 bits per heavy atom. The number of benzene rings is 2. The highest BCUT2D eigenvalue weighted by atomic mass is 16.5. The van der Waals surface area contributed by atoms with E-state index in [4.69, 9.17) is 10.5 Å². The summed E-state index contributed by atoms with van der Waals surface area (Å²) < 4.78 is 5.18. The Bertz CT molecular complexity index is 745. The van der Waals surface area contributed by atoms with E-state index in [2.05, 4.69) is 12.2 Å². The van der Waals surface area contributed by atoms with Gasteiger partial charge < -0.3 is 20.7 Å². The highest BCUT2D eigenvalue weighted by molar-refractivity contribution is 6.00. The maximum atomic E-state index is 13.0. The maximum absolute atomic E-state index is 13.0. The first-order valence-electron chi connectivity index (χ1n) is 8.54. The molecular weight excluding hydrogens is 314 g/mol. The Hall–Kier alpha value is -2.53. The molecule has 0 spiro atoms. The lowest BCUT2D eigenvalue weighted by Crippen LogP contribution is -2.34. The van der Waals surface area contributed by atoms with Gasteiger partial charge in [0.2, 0.25) is 0 Å². The zero-order valence-corrected chi connectivity index (χ0v) is 14.8. The van der Waals surface area contributed by atoms with Crippen LogP contribution < -0.4 is 15.8 Å². The number of hydrogen-bond acceptors (Lipinski definition) is 4. The number of nitrogens with two attached hydrogens (primary N) is 1. The van der Waals surface area contributed by atoms with Gasteiger partial charge in [0, 0.05) is 18.8 Å². The van der Waals surface area contributed by atoms with Crippen molar-refractivity contribution in [1.29, 1.82) is 0 Å². The van der Waals surface area contributed by atoms with Crippen LogP contribution in [0.2, 0.25) is 0 Å². The molecule has 1 unspecified atom stereocenters. The predicted octanol–water partition coefficient (Wildman–Crippen LogP) is 3.25. The molecule has 1 saturated heterocycles. The molecule has 3 rings (SSSR count). The molecule has 0 radical (unpaired) electrons. The van der Waals surface area contributed by atoms with Gasteiger partial charge in [0.15, 0.2) is 0 Å². The summed E-state index contributed by atoms with van der Waals surface area (Å²) in [5.74, 6) is 0.849. The Balaban J connectivity index is 1.79. The van der Waals surface area contributed by atoms with Gasteiger partial charge in [0.1, 0.15) is 5.75 Å². The number of para-hydroxylation sites is 1. The van der Waals surface area contributed by atoms with Crippen LogP contribution in [0.3, 0.4) is 0 Å². The van der Waals surface area contributed by atoms with Crippen molar-refractivity contribution in [3.63, 3.8) is 0 Å². The first kappa shape index (κ1) is 17.3. The Morgan fingerprint density at radius 1 is 1.24 bits per heavy atom. The average Bonchev–Trinajstić information content (AvgIpc) is 3.05. The number of amides is 1. The second-order valence-corrected chi connectivity index (χ2v) is 6.89. The van der Waals surface area contributed by atoms with Crippen LogP contribution in [0.4, 0.5) is 11.4 Å². The second kappa shape index (κ2) is 7.15. The molecule has 0 aromatic heterocycles. The maximum Gasteiger partial charge on any atom is 0.255 e. The van der Waals surface area contributed by atoms with E-state index in [1.54, 1.807) is 7.11 Å². The van der Waals surface area contributed by atoms with Gasteiger partial charge in [-0.1, -0.05) is 19.1 Å². The number of anilines is 2. The largest absolute Gasteiger partial charge is 0.497 e. The van der Waals surface area contributed by atoms with Gasteiger partial charge in [0.05, 0.1) is 18.4 Å². The first-order valence-corrected chi connectivity index (χ1v) is 8.54. The van der Waals surface area contributed by atoms with Crippen LogP contribution in [0.25, 0.3) is 0 Å². The number of ether oxygens (including phenoxy) is 1. The van der Waals surface area contributed by atoms with Gasteiger partial charge in [-0.2, -0.15) is 0 Å². The van der Waals surface area contributed by atoms with Crippen molar-refractivity contribution < 1.29 is 9.53 Å². The molecule has 1 aliphatic heterocycles. The number of carbonyl (C=O) groups excluding carboxylic acids is 1. The van der Waals surface area contributed by atoms with Crippen molar-refractivity contribution in [2.75, 3.05) is 32.1 Å². The molecule has 2 aromatic carbocycles. The number of hydrogen-bond donors (Lipinski definition) is 2. The third-order valence-corrected chi connectivity index (χ3v) is 4.86. The number of rotatable bonds is 5. The first-order chi connectivity index (χ1) is 12.0. The van der Waals surface area contributed by atoms with Gasteiger partial charge in [-0.15, -0.1) is 0 Å². The lowest BCUT2D eigenvalue weighted by atomic mass is 9.90. The van der Waals surface area contributed by atoms with Crippen LogP contribution in [-0.2, 0) is 0 Å². The van der Waals surface area contributed by atoms with Crippen LogP contribution >= 0.6 is 0 Å². The molecule has 1 aliphatic rings. The molecule has 0 aliphatic carbocycles. The Labute approximate surface area is 148 Å². The minimum Gasteiger partial charge on any atom is -0.497 e. The molecule has 132 valence electrons. The standard InChI is InChI=1S/C20H25N3O2/c1-20(13-21)11-12-23(14-20)19(24)17-5-3-4-6-18(17)22-15-7-9-16(25-2)10-8-15/h3-10,22H,11-14,21H2,1-2H3. The minimum atomic E-state index is 0.0218. The lowest BCUT2D eigenvalue weighted by molar-refractivity contribution is 0.0778. The van der Waals surface area contributed by atoms with Crippen LogP contribution in [0.1, 0.15) is 23.7 Å². The number of nitrogens with one attached hydrogen (secondary N) is 1. The summed E-state index contributed by atoms with van der Waals surface area (Å²) in [4.78, 5) is 14.9. The summed E-state index contributed by atoms with van der Waals surface area (Å²) in [6, 6.07) is 15.3. The summed E-state index contributed by atoms with van der Waals surface area (Å²) in [5, 5.41) is 3.34. The van der Waals surface area contributed by atoms with E-state index in [-0.39, 0.29) is 11.3 Å². The number of carbonyl (C=O) groups is 1. The molecule has 0 saturated carbocycles. The summed E-state index contributed by atoms with van der Waals surface area (Å²) in [5.41, 5.74) is 8.28. The van der Waals surface area contributed by atoms with Gasteiger partial charge >= 0.3 is 0 Å². The molecule has 2 aromatic rings. The quantitative estimate of drug-likeness (QED) is 0.877. The second-order valence-electron chi connectivity index (χ2n) is 6.89. The highest BCUT2D eigenvalue weighted by Crippen LogP contribution is 2.31. The van der Waals surface area contributed by atoms with Crippen molar-refractivity contribution in [3.05, 3.63) is 54.1 Å². The van der Waals surface area contributed by atoms with Crippen molar-refractivity contribution in [2.45, 2.75) is 13.3 Å². The van der Waals surface area contributed by atoms with Gasteiger partial charge in [0.25, 0.3) is 5.91 Å². The molecule has 5 heteroatoms. The fourth-order valence-corrected chi connectivity index (χ4v) is 3.14. The number of nitrogens with zero attached hydrogens (tertiary/aromatic N) is 1. The summed E-state index contributed by atoms with van der Waals surface area (Å²) in [6.07, 6.45) is 0.948. The molecule has 1 heterocycles. The third-order valence-electron chi connectivity index (χ3n) is 4.86. The van der Waals surface area contributed by atoms with Crippen LogP contribution in [0, 0.1) is 5.41 Å². The van der Waals surface area contributed by atoms with Crippen LogP contribution in [0.15, 0.2) is 48.5 Å². The number of likely N-dealkylation sites (tertiary alicyclic amines) is 1. The zero-order valence-electron chi connectivity index (χ0n) is 14.8. The normalized spacial score (nSPS) is 19.7. The highest BCUT2D eigenvalue weighted by Gasteiger charge is 2.35. The van der Waals surface area contributed by atoms with E-state index in [0.717, 1.165) is 30.1 Å². The summed E-state index contributed by atoms with van der Waals surface area (Å²) >= 11 is 0. The fraction of sp³-hybridized carbons (Fsp3) is 0.350. The van der Waals surface area contributed by atoms with Gasteiger partial charge in [-0.05, 0) is 54.8 Å². The summed E-state index contributed by atoms with van der Waals surface area (Å²) in [6.45, 7) is 4.20. The van der Waals surface area contributed by atoms with Crippen molar-refractivity contribution in [1.82, 2.24) is 4.90 Å². The Morgan fingerprint density at radius 3 is 2.60 bits per heavy atom. The van der Waals surface area contributed by atoms with Crippen LogP contribution in [-0.4, -0.2) is 37.6 Å². The topological polar surface area (TPSA) is 67.6 Å². The molecule has 0 bridgehead atoms. The monoisotopic (exact) mass is 339 g/mol. The van der Waals surface area contributed by atoms with E-state index >= 15 is 0 Å². The third kappa shape index (κ3) is 3.77. The predicted molar refractivity (Wildman–Crippen MR) is 100 cm³/mol. The van der Waals surface area contributed by atoms with Gasteiger partial charge in [-0.3, -0.25) is 4.79 Å². The van der Waals surface area contributed by atoms with E-state index < -0.39 is 0 Å². The minimum absolute atomic E-state index is 0.0218. The van der Waals surface area contributed by atoms with Crippen molar-refractivity contribution in [2.24, 2.45) is 11.1 Å². The fourth-order valence-electron chi connectivity index (χ4n) is 3.14. The number of methoxy groups -OCH3 is 1. The lowest BCUT2D eigenvalue weighted by Gasteiger charge is -2.23. The van der Waals surface area contributed by atoms with E-state index in [1.165, 1.54) is 0 Å². The molecular formula is C20H25N3O2. The molecule has 3 N–H and O–H groups in total. The SMILES string of the molecule is COc1ccc(Nc2ccccc2C(=O)N2CCC(C)(CN)C2)cc1. The van der Waals surface area contributed by atoms with Crippen molar-refractivity contribution in [3.8, 4) is 5.75 Å². The van der Waals surface area contributed by atoms with E-state index in [9.17, 15) is 4.79 Å². The molecule has 1 amide bonds. The van der Waals surface area contributed by atoms with Crippen molar-refractivity contribution >= 4 is 17.3 Å². The zero-order chi connectivity index (χ0) is 17.9. The summed E-state index contributed by atoms with van der Waals surface area (Å²) in [7, 11) is 1.64. The smallest absolute Gasteiger partial charge is 0.255 e. The molecule has 25 heavy (non-hydrogen) atoms. The Kier molecular flexibility index (Phi) is 4.95. The van der Waals surface area contributed by atoms with E-state index in [1.807, 2.05) is 53.4 Å². The molecule has 1 fully saturated rings. The van der Waals surface area contributed by atoms with Gasteiger partial charge in [-0.25, -0.2) is 0 Å².